The Kier molecular flexibility index (Phi) is 5.17. The maximum atomic E-state index is 12.3. The minimum absolute atomic E-state index is 0.0591. The van der Waals surface area contributed by atoms with Gasteiger partial charge in [-0.15, -0.1) is 0 Å². The first-order valence-corrected chi connectivity index (χ1v) is 6.86. The van der Waals surface area contributed by atoms with Gasteiger partial charge in [-0.2, -0.15) is 0 Å². The number of carbonyl (C=O) groups excluding carboxylic acids is 1. The number of likely N-dealkylation sites (N-methyl/N-ethyl adjacent to an activating group) is 1. The van der Waals surface area contributed by atoms with Crippen LogP contribution in [0.2, 0.25) is 0 Å². The molecule has 2 atom stereocenters. The molecule has 1 aliphatic heterocycles. The van der Waals surface area contributed by atoms with Gasteiger partial charge < -0.3 is 10.0 Å². The van der Waals surface area contributed by atoms with Crippen molar-refractivity contribution in [2.24, 2.45) is 11.8 Å². The predicted octanol–water partition coefficient (Wildman–Crippen LogP) is 1.19. The molecule has 4 heteroatoms. The minimum Gasteiger partial charge on any atom is -0.394 e. The molecule has 0 aromatic rings. The summed E-state index contributed by atoms with van der Waals surface area (Å²) in [6.07, 6.45) is 1.21. The molecular formula is C14H28N2O2. The summed E-state index contributed by atoms with van der Waals surface area (Å²) in [5.41, 5.74) is -0.345. The SMILES string of the molecule is CC1CC(C)CN(C(=O)CN(C)C(C)(C)CO)C1. The van der Waals surface area contributed by atoms with E-state index in [2.05, 4.69) is 13.8 Å². The number of carbonyl (C=O) groups is 1. The summed E-state index contributed by atoms with van der Waals surface area (Å²) in [7, 11) is 1.89. The van der Waals surface area contributed by atoms with Crippen LogP contribution in [-0.2, 0) is 4.79 Å². The van der Waals surface area contributed by atoms with Crippen molar-refractivity contribution >= 4 is 5.91 Å². The van der Waals surface area contributed by atoms with Gasteiger partial charge in [0.1, 0.15) is 0 Å². The molecule has 4 nitrogen and oxygen atoms in total. The van der Waals surface area contributed by atoms with Gasteiger partial charge in [0.05, 0.1) is 13.2 Å². The third-order valence-electron chi connectivity index (χ3n) is 4.01. The first-order chi connectivity index (χ1) is 8.26. The molecule has 1 heterocycles. The summed E-state index contributed by atoms with van der Waals surface area (Å²) in [5.74, 6) is 1.36. The zero-order valence-corrected chi connectivity index (χ0v) is 12.4. The van der Waals surface area contributed by atoms with E-state index in [0.717, 1.165) is 13.1 Å². The monoisotopic (exact) mass is 256 g/mol. The third kappa shape index (κ3) is 3.95. The Bertz CT molecular complexity index is 282. The van der Waals surface area contributed by atoms with E-state index in [0.29, 0.717) is 18.4 Å². The predicted molar refractivity (Wildman–Crippen MR) is 73.3 cm³/mol. The fraction of sp³-hybridized carbons (Fsp3) is 0.929. The van der Waals surface area contributed by atoms with Crippen molar-refractivity contribution in [3.05, 3.63) is 0 Å². The second-order valence-electron chi connectivity index (χ2n) is 6.57. The molecule has 1 amide bonds. The molecule has 1 rings (SSSR count). The van der Waals surface area contributed by atoms with Gasteiger partial charge in [-0.1, -0.05) is 13.8 Å². The Morgan fingerprint density at radius 1 is 1.33 bits per heavy atom. The Morgan fingerprint density at radius 2 is 1.83 bits per heavy atom. The number of likely N-dealkylation sites (tertiary alicyclic amines) is 1. The van der Waals surface area contributed by atoms with Gasteiger partial charge >= 0.3 is 0 Å². The molecule has 1 N–H and O–H groups in total. The number of aliphatic hydroxyl groups is 1. The molecule has 0 radical (unpaired) electrons. The lowest BCUT2D eigenvalue weighted by Gasteiger charge is -2.38. The Balaban J connectivity index is 2.55. The van der Waals surface area contributed by atoms with Crippen molar-refractivity contribution in [3.63, 3.8) is 0 Å². The molecule has 0 aromatic carbocycles. The normalized spacial score (nSPS) is 25.6. The number of rotatable bonds is 4. The van der Waals surface area contributed by atoms with Crippen molar-refractivity contribution in [1.82, 2.24) is 9.80 Å². The van der Waals surface area contributed by atoms with Crippen LogP contribution in [0.4, 0.5) is 0 Å². The average molecular weight is 256 g/mol. The molecule has 0 aromatic heterocycles. The molecule has 2 unspecified atom stereocenters. The van der Waals surface area contributed by atoms with Gasteiger partial charge in [-0.05, 0) is 39.2 Å². The fourth-order valence-corrected chi connectivity index (χ4v) is 2.50. The Labute approximate surface area is 111 Å². The summed E-state index contributed by atoms with van der Waals surface area (Å²) in [6, 6.07) is 0. The second-order valence-corrected chi connectivity index (χ2v) is 6.57. The van der Waals surface area contributed by atoms with Crippen LogP contribution in [0.5, 0.6) is 0 Å². The molecular weight excluding hydrogens is 228 g/mol. The van der Waals surface area contributed by atoms with E-state index >= 15 is 0 Å². The van der Waals surface area contributed by atoms with E-state index in [-0.39, 0.29) is 18.1 Å². The third-order valence-corrected chi connectivity index (χ3v) is 4.01. The van der Waals surface area contributed by atoms with E-state index < -0.39 is 0 Å². The average Bonchev–Trinajstić information content (AvgIpc) is 2.27. The van der Waals surface area contributed by atoms with Crippen LogP contribution in [0.3, 0.4) is 0 Å². The lowest BCUT2D eigenvalue weighted by molar-refractivity contribution is -0.136. The van der Waals surface area contributed by atoms with Crippen molar-refractivity contribution in [2.45, 2.75) is 39.7 Å². The molecule has 0 spiro atoms. The summed E-state index contributed by atoms with van der Waals surface area (Å²) in [5, 5.41) is 9.31. The molecule has 0 saturated carbocycles. The second kappa shape index (κ2) is 6.02. The highest BCUT2D eigenvalue weighted by atomic mass is 16.3. The molecule has 0 aliphatic carbocycles. The van der Waals surface area contributed by atoms with Gasteiger partial charge in [0.25, 0.3) is 0 Å². The van der Waals surface area contributed by atoms with E-state index in [4.69, 9.17) is 0 Å². The van der Waals surface area contributed by atoms with E-state index in [1.165, 1.54) is 6.42 Å². The number of nitrogens with zero attached hydrogens (tertiary/aromatic N) is 2. The number of aliphatic hydroxyl groups excluding tert-OH is 1. The number of hydrogen-bond donors (Lipinski definition) is 1. The minimum atomic E-state index is -0.345. The highest BCUT2D eigenvalue weighted by Crippen LogP contribution is 2.21. The molecule has 1 fully saturated rings. The zero-order chi connectivity index (χ0) is 13.9. The van der Waals surface area contributed by atoms with Gasteiger partial charge in [0, 0.05) is 18.6 Å². The quantitative estimate of drug-likeness (QED) is 0.822. The van der Waals surface area contributed by atoms with Crippen LogP contribution in [0.1, 0.15) is 34.1 Å². The van der Waals surface area contributed by atoms with E-state index in [1.807, 2.05) is 30.7 Å². The van der Waals surface area contributed by atoms with Crippen molar-refractivity contribution in [1.29, 1.82) is 0 Å². The lowest BCUT2D eigenvalue weighted by atomic mass is 9.92. The molecule has 0 bridgehead atoms. The first-order valence-electron chi connectivity index (χ1n) is 6.86. The van der Waals surface area contributed by atoms with Crippen molar-refractivity contribution in [3.8, 4) is 0 Å². The maximum absolute atomic E-state index is 12.3. The highest BCUT2D eigenvalue weighted by Gasteiger charge is 2.29. The first kappa shape index (κ1) is 15.4. The van der Waals surface area contributed by atoms with Gasteiger partial charge in [-0.3, -0.25) is 9.69 Å². The smallest absolute Gasteiger partial charge is 0.236 e. The molecule has 18 heavy (non-hydrogen) atoms. The maximum Gasteiger partial charge on any atom is 0.236 e. The Hall–Kier alpha value is -0.610. The van der Waals surface area contributed by atoms with Crippen LogP contribution in [0.15, 0.2) is 0 Å². The largest absolute Gasteiger partial charge is 0.394 e. The van der Waals surface area contributed by atoms with Crippen LogP contribution < -0.4 is 0 Å². The van der Waals surface area contributed by atoms with Crippen LogP contribution in [0, 0.1) is 11.8 Å². The summed E-state index contributed by atoms with van der Waals surface area (Å²) >= 11 is 0. The Morgan fingerprint density at radius 3 is 2.28 bits per heavy atom. The van der Waals surface area contributed by atoms with E-state index in [1.54, 1.807) is 0 Å². The summed E-state index contributed by atoms with van der Waals surface area (Å²) < 4.78 is 0. The number of piperidine rings is 1. The fourth-order valence-electron chi connectivity index (χ4n) is 2.50. The highest BCUT2D eigenvalue weighted by molar-refractivity contribution is 5.78. The van der Waals surface area contributed by atoms with Gasteiger partial charge in [0.2, 0.25) is 5.91 Å². The summed E-state index contributed by atoms with van der Waals surface area (Å²) in [6.45, 7) is 10.5. The van der Waals surface area contributed by atoms with Gasteiger partial charge in [-0.25, -0.2) is 0 Å². The topological polar surface area (TPSA) is 43.8 Å². The molecule has 1 saturated heterocycles. The lowest BCUT2D eigenvalue weighted by Crippen LogP contribution is -2.51. The summed E-state index contributed by atoms with van der Waals surface area (Å²) in [4.78, 5) is 16.2. The van der Waals surface area contributed by atoms with Crippen LogP contribution in [0.25, 0.3) is 0 Å². The van der Waals surface area contributed by atoms with E-state index in [9.17, 15) is 9.90 Å². The number of hydrogen-bond acceptors (Lipinski definition) is 3. The van der Waals surface area contributed by atoms with Crippen LogP contribution >= 0.6 is 0 Å². The standard InChI is InChI=1S/C14H28N2O2/c1-11-6-12(2)8-16(7-11)13(18)9-15(5)14(3,4)10-17/h11-12,17H,6-10H2,1-5H3. The molecule has 1 aliphatic rings. The van der Waals surface area contributed by atoms with Crippen molar-refractivity contribution in [2.75, 3.05) is 33.3 Å². The van der Waals surface area contributed by atoms with Crippen LogP contribution in [-0.4, -0.2) is 59.6 Å². The number of amides is 1. The zero-order valence-electron chi connectivity index (χ0n) is 12.4. The molecule has 106 valence electrons. The van der Waals surface area contributed by atoms with Crippen molar-refractivity contribution < 1.29 is 9.90 Å². The van der Waals surface area contributed by atoms with Gasteiger partial charge in [0.15, 0.2) is 0 Å².